The van der Waals surface area contributed by atoms with Crippen molar-refractivity contribution >= 4 is 27.2 Å². The summed E-state index contributed by atoms with van der Waals surface area (Å²) in [6.45, 7) is 1.79. The van der Waals surface area contributed by atoms with Gasteiger partial charge in [0.25, 0.3) is 10.0 Å². The number of nitrogens with zero attached hydrogens (tertiary/aromatic N) is 5. The molecule has 0 amide bonds. The lowest BCUT2D eigenvalue weighted by atomic mass is 10.2. The number of hydrogen-bond donors (Lipinski definition) is 2. The zero-order valence-electron chi connectivity index (χ0n) is 16.4. The van der Waals surface area contributed by atoms with E-state index in [1.807, 2.05) is 12.1 Å². The summed E-state index contributed by atoms with van der Waals surface area (Å²) in [5.74, 6) is 1.80. The molecule has 4 rings (SSSR count). The first kappa shape index (κ1) is 20.1. The predicted octanol–water partition coefficient (Wildman–Crippen LogP) is 3.39. The summed E-state index contributed by atoms with van der Waals surface area (Å²) in [6.07, 6.45) is 3.46. The molecular formula is C21H17N7O2S. The number of sulfonamides is 1. The standard InChI is InChI=1S/C21H17N7O2S/c1-15-24-20(13-21(25-15)28-12-2-11-23-28)26-17-5-7-18(8-6-17)27-31(29,30)19-9-3-16(14-22)4-10-19/h2-13,27H,1H3,(H,24,25,26). The van der Waals surface area contributed by atoms with E-state index in [0.29, 0.717) is 28.7 Å². The van der Waals surface area contributed by atoms with E-state index in [-0.39, 0.29) is 4.90 Å². The van der Waals surface area contributed by atoms with Crippen LogP contribution < -0.4 is 10.0 Å². The average molecular weight is 431 g/mol. The van der Waals surface area contributed by atoms with E-state index in [4.69, 9.17) is 5.26 Å². The molecule has 0 atom stereocenters. The van der Waals surface area contributed by atoms with Gasteiger partial charge in [0.2, 0.25) is 0 Å². The summed E-state index contributed by atoms with van der Waals surface area (Å²) in [5.41, 5.74) is 1.53. The fourth-order valence-electron chi connectivity index (χ4n) is 2.83. The molecule has 2 heterocycles. The van der Waals surface area contributed by atoms with Gasteiger partial charge in [-0.3, -0.25) is 4.72 Å². The third kappa shape index (κ3) is 4.68. The zero-order chi connectivity index (χ0) is 21.8. The lowest BCUT2D eigenvalue weighted by Gasteiger charge is -2.11. The van der Waals surface area contributed by atoms with Gasteiger partial charge in [0.1, 0.15) is 11.6 Å². The second-order valence-corrected chi connectivity index (χ2v) is 8.24. The maximum absolute atomic E-state index is 12.5. The molecule has 0 spiro atoms. The SMILES string of the molecule is Cc1nc(Nc2ccc(NS(=O)(=O)c3ccc(C#N)cc3)cc2)cc(-n2cccn2)n1. The molecule has 0 bridgehead atoms. The van der Waals surface area contributed by atoms with Gasteiger partial charge in [0, 0.05) is 29.8 Å². The van der Waals surface area contributed by atoms with Crippen LogP contribution in [0, 0.1) is 18.3 Å². The minimum atomic E-state index is -3.76. The predicted molar refractivity (Wildman–Crippen MR) is 116 cm³/mol. The van der Waals surface area contributed by atoms with Gasteiger partial charge in [0.15, 0.2) is 5.82 Å². The molecule has 0 aliphatic heterocycles. The van der Waals surface area contributed by atoms with Crippen LogP contribution >= 0.6 is 0 Å². The van der Waals surface area contributed by atoms with Crippen molar-refractivity contribution < 1.29 is 8.42 Å². The Balaban J connectivity index is 1.49. The van der Waals surface area contributed by atoms with Crippen LogP contribution in [-0.2, 0) is 10.0 Å². The number of rotatable bonds is 6. The molecule has 4 aromatic rings. The molecule has 0 aliphatic rings. The van der Waals surface area contributed by atoms with Gasteiger partial charge in [-0.05, 0) is 61.5 Å². The number of hydrogen-bond acceptors (Lipinski definition) is 7. The van der Waals surface area contributed by atoms with Crippen molar-refractivity contribution in [3.8, 4) is 11.9 Å². The highest BCUT2D eigenvalue weighted by Gasteiger charge is 2.14. The lowest BCUT2D eigenvalue weighted by molar-refractivity contribution is 0.601. The molecule has 31 heavy (non-hydrogen) atoms. The van der Waals surface area contributed by atoms with Gasteiger partial charge in [-0.1, -0.05) is 0 Å². The molecule has 2 aromatic heterocycles. The molecule has 2 aromatic carbocycles. The van der Waals surface area contributed by atoms with Crippen LogP contribution in [0.15, 0.2) is 78.0 Å². The second kappa shape index (κ2) is 8.25. The molecular weight excluding hydrogens is 414 g/mol. The summed E-state index contributed by atoms with van der Waals surface area (Å²) in [4.78, 5) is 8.82. The summed E-state index contributed by atoms with van der Waals surface area (Å²) >= 11 is 0. The maximum atomic E-state index is 12.5. The van der Waals surface area contributed by atoms with Gasteiger partial charge in [-0.25, -0.2) is 23.1 Å². The van der Waals surface area contributed by atoms with Crippen molar-refractivity contribution in [1.29, 1.82) is 5.26 Å². The molecule has 9 nitrogen and oxygen atoms in total. The Morgan fingerprint density at radius 3 is 2.35 bits per heavy atom. The van der Waals surface area contributed by atoms with Crippen LogP contribution in [0.1, 0.15) is 11.4 Å². The number of nitrogens with one attached hydrogen (secondary N) is 2. The number of nitriles is 1. The van der Waals surface area contributed by atoms with Crippen molar-refractivity contribution in [2.75, 3.05) is 10.0 Å². The fourth-order valence-corrected chi connectivity index (χ4v) is 3.89. The number of aromatic nitrogens is 4. The van der Waals surface area contributed by atoms with Gasteiger partial charge in [-0.2, -0.15) is 10.4 Å². The van der Waals surface area contributed by atoms with Crippen LogP contribution in [0.5, 0.6) is 0 Å². The van der Waals surface area contributed by atoms with Crippen LogP contribution in [0.2, 0.25) is 0 Å². The lowest BCUT2D eigenvalue weighted by Crippen LogP contribution is -2.12. The van der Waals surface area contributed by atoms with Crippen LogP contribution in [0.25, 0.3) is 5.82 Å². The van der Waals surface area contributed by atoms with Crippen LogP contribution in [0.4, 0.5) is 17.2 Å². The summed E-state index contributed by atoms with van der Waals surface area (Å²) in [5, 5.41) is 16.2. The number of benzene rings is 2. The monoisotopic (exact) mass is 431 g/mol. The second-order valence-electron chi connectivity index (χ2n) is 6.55. The Bertz CT molecular complexity index is 1340. The van der Waals surface area contributed by atoms with E-state index >= 15 is 0 Å². The molecule has 0 saturated heterocycles. The van der Waals surface area contributed by atoms with Gasteiger partial charge in [0.05, 0.1) is 16.5 Å². The number of aryl methyl sites for hydroxylation is 1. The Morgan fingerprint density at radius 2 is 1.71 bits per heavy atom. The van der Waals surface area contributed by atoms with E-state index in [9.17, 15) is 8.42 Å². The van der Waals surface area contributed by atoms with Gasteiger partial charge < -0.3 is 5.32 Å². The summed E-state index contributed by atoms with van der Waals surface area (Å²) < 4.78 is 29.2. The van der Waals surface area contributed by atoms with Gasteiger partial charge in [-0.15, -0.1) is 0 Å². The Labute approximate surface area is 179 Å². The molecule has 0 fully saturated rings. The van der Waals surface area contributed by atoms with Crippen molar-refractivity contribution in [2.24, 2.45) is 0 Å². The summed E-state index contributed by atoms with van der Waals surface area (Å²) in [7, 11) is -3.76. The maximum Gasteiger partial charge on any atom is 0.261 e. The van der Waals surface area contributed by atoms with E-state index < -0.39 is 10.0 Å². The zero-order valence-corrected chi connectivity index (χ0v) is 17.2. The topological polar surface area (TPSA) is 126 Å². The van der Waals surface area contributed by atoms with Crippen molar-refractivity contribution in [3.63, 3.8) is 0 Å². The molecule has 0 radical (unpaired) electrons. The van der Waals surface area contributed by atoms with Crippen LogP contribution in [0.3, 0.4) is 0 Å². The molecule has 0 saturated carbocycles. The third-order valence-corrected chi connectivity index (χ3v) is 5.66. The summed E-state index contributed by atoms with van der Waals surface area (Å²) in [6, 6.07) is 18.0. The molecule has 10 heteroatoms. The largest absolute Gasteiger partial charge is 0.340 e. The molecule has 0 unspecified atom stereocenters. The first-order valence-electron chi connectivity index (χ1n) is 9.19. The number of anilines is 3. The average Bonchev–Trinajstić information content (AvgIpc) is 3.30. The van der Waals surface area contributed by atoms with Crippen LogP contribution in [-0.4, -0.2) is 28.2 Å². The first-order valence-corrected chi connectivity index (χ1v) is 10.7. The Kier molecular flexibility index (Phi) is 5.34. The Hall–Kier alpha value is -4.23. The van der Waals surface area contributed by atoms with Crippen molar-refractivity contribution in [1.82, 2.24) is 19.7 Å². The molecule has 2 N–H and O–H groups in total. The normalized spacial score (nSPS) is 11.0. The highest BCUT2D eigenvalue weighted by molar-refractivity contribution is 7.92. The highest BCUT2D eigenvalue weighted by atomic mass is 32.2. The smallest absolute Gasteiger partial charge is 0.261 e. The van der Waals surface area contributed by atoms with Crippen molar-refractivity contribution in [2.45, 2.75) is 11.8 Å². The third-order valence-electron chi connectivity index (χ3n) is 4.27. The quantitative estimate of drug-likeness (QED) is 0.479. The van der Waals surface area contributed by atoms with E-state index in [2.05, 4.69) is 25.1 Å². The van der Waals surface area contributed by atoms with E-state index in [1.165, 1.54) is 24.3 Å². The van der Waals surface area contributed by atoms with Crippen molar-refractivity contribution in [3.05, 3.63) is 84.4 Å². The van der Waals surface area contributed by atoms with E-state index in [1.54, 1.807) is 54.3 Å². The Morgan fingerprint density at radius 1 is 1.00 bits per heavy atom. The fraction of sp³-hybridized carbons (Fsp3) is 0.0476. The minimum Gasteiger partial charge on any atom is -0.340 e. The molecule has 0 aliphatic carbocycles. The molecule has 154 valence electrons. The first-order chi connectivity index (χ1) is 14.9. The van der Waals surface area contributed by atoms with E-state index in [0.717, 1.165) is 5.69 Å². The minimum absolute atomic E-state index is 0.0799. The highest BCUT2D eigenvalue weighted by Crippen LogP contribution is 2.21. The van der Waals surface area contributed by atoms with Gasteiger partial charge >= 0.3 is 0 Å².